The summed E-state index contributed by atoms with van der Waals surface area (Å²) in [4.78, 5) is 8.47. The van der Waals surface area contributed by atoms with E-state index in [-0.39, 0.29) is 0 Å². The van der Waals surface area contributed by atoms with Crippen LogP contribution >= 0.6 is 0 Å². The van der Waals surface area contributed by atoms with Crippen LogP contribution in [0.5, 0.6) is 0 Å². The van der Waals surface area contributed by atoms with Crippen LogP contribution in [-0.2, 0) is 6.42 Å². The van der Waals surface area contributed by atoms with Crippen molar-refractivity contribution in [1.29, 1.82) is 0 Å². The van der Waals surface area contributed by atoms with Crippen LogP contribution < -0.4 is 5.32 Å². The fraction of sp³-hybridized carbons (Fsp3) is 0.600. The second-order valence-electron chi connectivity index (χ2n) is 4.09. The summed E-state index contributed by atoms with van der Waals surface area (Å²) in [7, 11) is 0. The molecule has 3 heteroatoms. The molecular formula is C10H13N3. The molecule has 1 aromatic rings. The second kappa shape index (κ2) is 2.77. The Morgan fingerprint density at radius 3 is 3.38 bits per heavy atom. The molecule has 3 rings (SSSR count). The van der Waals surface area contributed by atoms with E-state index in [1.54, 1.807) is 6.33 Å². The molecule has 0 spiro atoms. The standard InChI is InChI=1S/C10H13N3/c1-7-2-10-9(5-12-6-13-10)8(1)4-11-3-7/h5-8,11H,1-4H2. The highest BCUT2D eigenvalue weighted by atomic mass is 14.9. The van der Waals surface area contributed by atoms with E-state index in [0.29, 0.717) is 5.92 Å². The molecule has 2 unspecified atom stereocenters. The van der Waals surface area contributed by atoms with Gasteiger partial charge in [0.05, 0.1) is 0 Å². The first-order valence-electron chi connectivity index (χ1n) is 4.93. The molecular weight excluding hydrogens is 162 g/mol. The fourth-order valence-corrected chi connectivity index (χ4v) is 2.57. The van der Waals surface area contributed by atoms with Crippen LogP contribution in [-0.4, -0.2) is 23.1 Å². The van der Waals surface area contributed by atoms with Crippen LogP contribution in [0.3, 0.4) is 0 Å². The molecule has 0 amide bonds. The third-order valence-electron chi connectivity index (χ3n) is 3.19. The predicted octanol–water partition coefficient (Wildman–Crippen LogP) is 0.726. The zero-order valence-electron chi connectivity index (χ0n) is 7.53. The smallest absolute Gasteiger partial charge is 0.115 e. The number of rotatable bonds is 0. The average Bonchev–Trinajstić information content (AvgIpc) is 2.18. The van der Waals surface area contributed by atoms with Gasteiger partial charge in [-0.25, -0.2) is 9.97 Å². The van der Waals surface area contributed by atoms with Gasteiger partial charge in [0.15, 0.2) is 0 Å². The Kier molecular flexibility index (Phi) is 1.59. The molecule has 1 N–H and O–H groups in total. The molecule has 1 fully saturated rings. The SMILES string of the molecule is c1ncc2c(n1)CC1CNCC2C1. The van der Waals surface area contributed by atoms with E-state index in [1.165, 1.54) is 24.2 Å². The molecule has 3 nitrogen and oxygen atoms in total. The van der Waals surface area contributed by atoms with E-state index in [9.17, 15) is 0 Å². The molecule has 68 valence electrons. The Labute approximate surface area is 77.6 Å². The van der Waals surface area contributed by atoms with Gasteiger partial charge in [-0.2, -0.15) is 0 Å². The highest BCUT2D eigenvalue weighted by Gasteiger charge is 2.30. The van der Waals surface area contributed by atoms with Crippen molar-refractivity contribution in [2.45, 2.75) is 18.8 Å². The number of hydrogen-bond donors (Lipinski definition) is 1. The van der Waals surface area contributed by atoms with Crippen LogP contribution in [0, 0.1) is 5.92 Å². The van der Waals surface area contributed by atoms with E-state index in [4.69, 9.17) is 0 Å². The number of fused-ring (bicyclic) bond motifs is 4. The van der Waals surface area contributed by atoms with Crippen molar-refractivity contribution in [3.8, 4) is 0 Å². The Bertz CT molecular complexity index is 324. The van der Waals surface area contributed by atoms with Crippen molar-refractivity contribution < 1.29 is 0 Å². The van der Waals surface area contributed by atoms with Crippen molar-refractivity contribution in [3.05, 3.63) is 23.8 Å². The normalized spacial score (nSPS) is 31.1. The van der Waals surface area contributed by atoms with E-state index in [0.717, 1.165) is 18.9 Å². The topological polar surface area (TPSA) is 37.8 Å². The van der Waals surface area contributed by atoms with Gasteiger partial charge in [0.2, 0.25) is 0 Å². The van der Waals surface area contributed by atoms with Crippen LogP contribution in [0.25, 0.3) is 0 Å². The van der Waals surface area contributed by atoms with Crippen molar-refractivity contribution in [2.24, 2.45) is 5.92 Å². The lowest BCUT2D eigenvalue weighted by atomic mass is 9.77. The highest BCUT2D eigenvalue weighted by molar-refractivity contribution is 5.26. The lowest BCUT2D eigenvalue weighted by Crippen LogP contribution is -2.39. The lowest BCUT2D eigenvalue weighted by molar-refractivity contribution is 0.313. The van der Waals surface area contributed by atoms with Crippen molar-refractivity contribution >= 4 is 0 Å². The van der Waals surface area contributed by atoms with Gasteiger partial charge in [-0.05, 0) is 36.8 Å². The molecule has 1 aromatic heterocycles. The summed E-state index contributed by atoms with van der Waals surface area (Å²) in [6.07, 6.45) is 6.14. The highest BCUT2D eigenvalue weighted by Crippen LogP contribution is 2.34. The summed E-state index contributed by atoms with van der Waals surface area (Å²) in [6, 6.07) is 0. The van der Waals surface area contributed by atoms with Gasteiger partial charge >= 0.3 is 0 Å². The van der Waals surface area contributed by atoms with Crippen molar-refractivity contribution in [3.63, 3.8) is 0 Å². The Balaban J connectivity index is 2.06. The maximum Gasteiger partial charge on any atom is 0.115 e. The third-order valence-corrected chi connectivity index (χ3v) is 3.19. The van der Waals surface area contributed by atoms with Gasteiger partial charge in [-0.3, -0.25) is 0 Å². The van der Waals surface area contributed by atoms with Crippen LogP contribution in [0.1, 0.15) is 23.6 Å². The van der Waals surface area contributed by atoms with Crippen LogP contribution in [0.15, 0.2) is 12.5 Å². The summed E-state index contributed by atoms with van der Waals surface area (Å²) in [5.74, 6) is 1.48. The number of nitrogens with one attached hydrogen (secondary N) is 1. The Hall–Kier alpha value is -0.960. The number of aromatic nitrogens is 2. The molecule has 1 aliphatic carbocycles. The van der Waals surface area contributed by atoms with E-state index < -0.39 is 0 Å². The largest absolute Gasteiger partial charge is 0.316 e. The summed E-state index contributed by atoms with van der Waals surface area (Å²) in [6.45, 7) is 2.27. The van der Waals surface area contributed by atoms with Crippen LogP contribution in [0.4, 0.5) is 0 Å². The van der Waals surface area contributed by atoms with E-state index in [2.05, 4.69) is 15.3 Å². The van der Waals surface area contributed by atoms with Gasteiger partial charge in [-0.1, -0.05) is 0 Å². The van der Waals surface area contributed by atoms with Gasteiger partial charge < -0.3 is 5.32 Å². The Morgan fingerprint density at radius 2 is 2.38 bits per heavy atom. The average molecular weight is 175 g/mol. The van der Waals surface area contributed by atoms with Crippen molar-refractivity contribution in [1.82, 2.24) is 15.3 Å². The summed E-state index contributed by atoms with van der Waals surface area (Å²) in [5, 5.41) is 3.47. The molecule has 0 saturated carbocycles. The first-order valence-corrected chi connectivity index (χ1v) is 4.93. The first-order chi connectivity index (χ1) is 6.43. The summed E-state index contributed by atoms with van der Waals surface area (Å²) in [5.41, 5.74) is 2.67. The number of nitrogens with zero attached hydrogens (tertiary/aromatic N) is 2. The van der Waals surface area contributed by atoms with Crippen molar-refractivity contribution in [2.75, 3.05) is 13.1 Å². The molecule has 1 saturated heterocycles. The zero-order valence-corrected chi connectivity index (χ0v) is 7.53. The minimum absolute atomic E-state index is 0.670. The third kappa shape index (κ3) is 1.15. The number of hydrogen-bond acceptors (Lipinski definition) is 3. The van der Waals surface area contributed by atoms with Gasteiger partial charge in [0.1, 0.15) is 6.33 Å². The van der Waals surface area contributed by atoms with E-state index in [1.807, 2.05) is 6.20 Å². The first kappa shape index (κ1) is 7.44. The molecule has 2 bridgehead atoms. The molecule has 0 aromatic carbocycles. The fourth-order valence-electron chi connectivity index (χ4n) is 2.57. The van der Waals surface area contributed by atoms with Gasteiger partial charge in [0.25, 0.3) is 0 Å². The van der Waals surface area contributed by atoms with Crippen LogP contribution in [0.2, 0.25) is 0 Å². The predicted molar refractivity (Wildman–Crippen MR) is 49.5 cm³/mol. The Morgan fingerprint density at radius 1 is 1.38 bits per heavy atom. The second-order valence-corrected chi connectivity index (χ2v) is 4.09. The molecule has 2 atom stereocenters. The summed E-state index contributed by atoms with van der Waals surface area (Å²) < 4.78 is 0. The summed E-state index contributed by atoms with van der Waals surface area (Å²) >= 11 is 0. The molecule has 2 aliphatic rings. The zero-order chi connectivity index (χ0) is 8.67. The van der Waals surface area contributed by atoms with Gasteiger partial charge in [-0.15, -0.1) is 0 Å². The van der Waals surface area contributed by atoms with E-state index >= 15 is 0 Å². The molecule has 2 heterocycles. The maximum atomic E-state index is 4.36. The lowest BCUT2D eigenvalue weighted by Gasteiger charge is -2.35. The monoisotopic (exact) mass is 175 g/mol. The molecule has 1 aliphatic heterocycles. The van der Waals surface area contributed by atoms with Gasteiger partial charge in [0, 0.05) is 18.4 Å². The maximum absolute atomic E-state index is 4.36. The minimum Gasteiger partial charge on any atom is -0.316 e. The molecule has 0 radical (unpaired) electrons. The molecule has 13 heavy (non-hydrogen) atoms. The number of piperidine rings is 1. The quantitative estimate of drug-likeness (QED) is 0.631. The minimum atomic E-state index is 0.670.